The van der Waals surface area contributed by atoms with Gasteiger partial charge in [0.25, 0.3) is 0 Å². The Morgan fingerprint density at radius 3 is 2.82 bits per heavy atom. The Kier molecular flexibility index (Phi) is 3.53. The van der Waals surface area contributed by atoms with Gasteiger partial charge in [-0.1, -0.05) is 15.9 Å². The van der Waals surface area contributed by atoms with Crippen LogP contribution in [0.3, 0.4) is 0 Å². The highest BCUT2D eigenvalue weighted by Crippen LogP contribution is 2.27. The molecule has 1 fully saturated rings. The predicted octanol–water partition coefficient (Wildman–Crippen LogP) is 1.37. The first-order valence-electron chi connectivity index (χ1n) is 5.21. The number of halogens is 1. The number of anilines is 1. The molecule has 1 heterocycles. The second kappa shape index (κ2) is 4.78. The number of carbonyl (C=O) groups excluding carboxylic acids is 1. The first-order valence-corrected chi connectivity index (χ1v) is 7.22. The molecular weight excluding hydrogens is 304 g/mol. The van der Waals surface area contributed by atoms with E-state index in [0.29, 0.717) is 23.5 Å². The minimum Gasteiger partial charge on any atom is -0.398 e. The molecule has 1 saturated heterocycles. The SMILES string of the molecule is CN1CCC(S(=O)c2cc(Br)ccc2N)C1=O. The van der Waals surface area contributed by atoms with E-state index in [4.69, 9.17) is 5.73 Å². The van der Waals surface area contributed by atoms with Crippen molar-refractivity contribution in [1.82, 2.24) is 4.90 Å². The lowest BCUT2D eigenvalue weighted by Gasteiger charge is -2.12. The van der Waals surface area contributed by atoms with Crippen LogP contribution in [0, 0.1) is 0 Å². The van der Waals surface area contributed by atoms with Crippen molar-refractivity contribution in [3.63, 3.8) is 0 Å². The number of benzene rings is 1. The van der Waals surface area contributed by atoms with Gasteiger partial charge in [0.05, 0.1) is 15.7 Å². The number of nitrogen functional groups attached to an aromatic ring is 1. The summed E-state index contributed by atoms with van der Waals surface area (Å²) in [5.74, 6) is -0.0669. The van der Waals surface area contributed by atoms with Crippen molar-refractivity contribution < 1.29 is 9.00 Å². The molecule has 1 aliphatic rings. The number of hydrogen-bond acceptors (Lipinski definition) is 3. The van der Waals surface area contributed by atoms with E-state index in [0.717, 1.165) is 4.47 Å². The van der Waals surface area contributed by atoms with Gasteiger partial charge >= 0.3 is 0 Å². The zero-order valence-electron chi connectivity index (χ0n) is 9.35. The van der Waals surface area contributed by atoms with Crippen LogP contribution >= 0.6 is 15.9 Å². The maximum Gasteiger partial charge on any atom is 0.238 e. The smallest absolute Gasteiger partial charge is 0.238 e. The van der Waals surface area contributed by atoms with Gasteiger partial charge in [-0.3, -0.25) is 9.00 Å². The van der Waals surface area contributed by atoms with Crippen LogP contribution in [-0.4, -0.2) is 33.9 Å². The third-order valence-corrected chi connectivity index (χ3v) is 5.06. The molecule has 1 aliphatic heterocycles. The predicted molar refractivity (Wildman–Crippen MR) is 71.0 cm³/mol. The highest BCUT2D eigenvalue weighted by molar-refractivity contribution is 9.10. The Hall–Kier alpha value is -0.880. The highest BCUT2D eigenvalue weighted by atomic mass is 79.9. The molecule has 0 saturated carbocycles. The number of amides is 1. The Balaban J connectivity index is 2.31. The Labute approximate surface area is 111 Å². The molecule has 17 heavy (non-hydrogen) atoms. The third kappa shape index (κ3) is 2.37. The van der Waals surface area contributed by atoms with Crippen molar-refractivity contribution in [2.45, 2.75) is 16.6 Å². The quantitative estimate of drug-likeness (QED) is 0.838. The van der Waals surface area contributed by atoms with E-state index in [1.165, 1.54) is 0 Å². The Morgan fingerprint density at radius 1 is 1.53 bits per heavy atom. The van der Waals surface area contributed by atoms with Crippen LogP contribution in [0.25, 0.3) is 0 Å². The van der Waals surface area contributed by atoms with Crippen LogP contribution in [0.4, 0.5) is 5.69 Å². The van der Waals surface area contributed by atoms with Crippen molar-refractivity contribution in [3.8, 4) is 0 Å². The lowest BCUT2D eigenvalue weighted by atomic mass is 10.3. The number of nitrogens with zero attached hydrogens (tertiary/aromatic N) is 1. The van der Waals surface area contributed by atoms with Gasteiger partial charge in [-0.15, -0.1) is 0 Å². The second-order valence-corrected chi connectivity index (χ2v) is 6.54. The average molecular weight is 317 g/mol. The Morgan fingerprint density at radius 2 is 2.24 bits per heavy atom. The lowest BCUT2D eigenvalue weighted by molar-refractivity contribution is -0.126. The highest BCUT2D eigenvalue weighted by Gasteiger charge is 2.35. The van der Waals surface area contributed by atoms with Gasteiger partial charge in [0.1, 0.15) is 5.25 Å². The van der Waals surface area contributed by atoms with Crippen molar-refractivity contribution in [2.24, 2.45) is 0 Å². The molecule has 1 amide bonds. The summed E-state index contributed by atoms with van der Waals surface area (Å²) in [5.41, 5.74) is 6.27. The van der Waals surface area contributed by atoms with Gasteiger partial charge in [-0.05, 0) is 24.6 Å². The molecule has 0 aromatic heterocycles. The molecule has 2 N–H and O–H groups in total. The van der Waals surface area contributed by atoms with Crippen LogP contribution in [0.15, 0.2) is 27.6 Å². The molecule has 2 unspecified atom stereocenters. The lowest BCUT2D eigenvalue weighted by Crippen LogP contribution is -2.28. The average Bonchev–Trinajstić information content (AvgIpc) is 2.62. The first kappa shape index (κ1) is 12.6. The summed E-state index contributed by atoms with van der Waals surface area (Å²) in [6, 6.07) is 5.20. The molecule has 0 radical (unpaired) electrons. The summed E-state index contributed by atoms with van der Waals surface area (Å²) >= 11 is 3.31. The maximum absolute atomic E-state index is 12.3. The van der Waals surface area contributed by atoms with Crippen LogP contribution in [-0.2, 0) is 15.6 Å². The summed E-state index contributed by atoms with van der Waals surface area (Å²) in [7, 11) is 0.348. The van der Waals surface area contributed by atoms with Gasteiger partial charge in [0, 0.05) is 23.8 Å². The van der Waals surface area contributed by atoms with Gasteiger partial charge in [0.2, 0.25) is 5.91 Å². The van der Waals surface area contributed by atoms with Crippen LogP contribution in [0.1, 0.15) is 6.42 Å². The first-order chi connectivity index (χ1) is 8.00. The van der Waals surface area contributed by atoms with Crippen molar-refractivity contribution in [1.29, 1.82) is 0 Å². The molecule has 0 aliphatic carbocycles. The molecule has 1 aromatic rings. The molecule has 2 atom stereocenters. The summed E-state index contributed by atoms with van der Waals surface area (Å²) in [6.45, 7) is 0.656. The number of hydrogen-bond donors (Lipinski definition) is 1. The number of rotatable bonds is 2. The van der Waals surface area contributed by atoms with E-state index >= 15 is 0 Å². The molecule has 0 spiro atoms. The zero-order chi connectivity index (χ0) is 12.6. The van der Waals surface area contributed by atoms with Gasteiger partial charge in [-0.25, -0.2) is 0 Å². The third-order valence-electron chi connectivity index (χ3n) is 2.83. The van der Waals surface area contributed by atoms with Crippen LogP contribution < -0.4 is 5.73 Å². The van der Waals surface area contributed by atoms with E-state index in [1.807, 2.05) is 0 Å². The van der Waals surface area contributed by atoms with Crippen LogP contribution in [0.5, 0.6) is 0 Å². The zero-order valence-corrected chi connectivity index (χ0v) is 11.8. The fraction of sp³-hybridized carbons (Fsp3) is 0.364. The molecule has 4 nitrogen and oxygen atoms in total. The van der Waals surface area contributed by atoms with Crippen molar-refractivity contribution >= 4 is 38.3 Å². The normalized spacial score (nSPS) is 21.9. The number of nitrogens with two attached hydrogens (primary N) is 1. The molecule has 6 heteroatoms. The summed E-state index contributed by atoms with van der Waals surface area (Å²) in [6.07, 6.45) is 0.619. The molecular formula is C11H13BrN2O2S. The van der Waals surface area contributed by atoms with E-state index < -0.39 is 16.0 Å². The monoisotopic (exact) mass is 316 g/mol. The molecule has 1 aromatic carbocycles. The minimum atomic E-state index is -1.38. The van der Waals surface area contributed by atoms with Crippen molar-refractivity contribution in [2.75, 3.05) is 19.3 Å². The second-order valence-electron chi connectivity index (χ2n) is 4.02. The summed E-state index contributed by atoms with van der Waals surface area (Å²) in [5, 5.41) is -0.461. The largest absolute Gasteiger partial charge is 0.398 e. The van der Waals surface area contributed by atoms with E-state index in [9.17, 15) is 9.00 Å². The van der Waals surface area contributed by atoms with E-state index in [2.05, 4.69) is 15.9 Å². The number of likely N-dealkylation sites (tertiary alicyclic amines) is 1. The fourth-order valence-corrected chi connectivity index (χ4v) is 3.87. The Bertz CT molecular complexity index is 492. The summed E-state index contributed by atoms with van der Waals surface area (Å²) < 4.78 is 13.2. The van der Waals surface area contributed by atoms with E-state index in [-0.39, 0.29) is 5.91 Å². The molecule has 0 bridgehead atoms. The van der Waals surface area contributed by atoms with E-state index in [1.54, 1.807) is 30.1 Å². The van der Waals surface area contributed by atoms with Gasteiger partial charge in [0.15, 0.2) is 0 Å². The topological polar surface area (TPSA) is 63.4 Å². The summed E-state index contributed by atoms with van der Waals surface area (Å²) in [4.78, 5) is 13.9. The number of carbonyl (C=O) groups is 1. The van der Waals surface area contributed by atoms with Gasteiger partial charge in [-0.2, -0.15) is 0 Å². The maximum atomic E-state index is 12.3. The molecule has 92 valence electrons. The molecule has 2 rings (SSSR count). The van der Waals surface area contributed by atoms with Crippen molar-refractivity contribution in [3.05, 3.63) is 22.7 Å². The van der Waals surface area contributed by atoms with Crippen LogP contribution in [0.2, 0.25) is 0 Å². The van der Waals surface area contributed by atoms with Gasteiger partial charge < -0.3 is 10.6 Å². The minimum absolute atomic E-state index is 0.0669. The fourth-order valence-electron chi connectivity index (χ4n) is 1.82. The standard InChI is InChI=1S/C11H13BrN2O2S/c1-14-5-4-9(11(14)15)17(16)10-6-7(12)2-3-8(10)13/h2-3,6,9H,4-5,13H2,1H3.